The van der Waals surface area contributed by atoms with Crippen molar-refractivity contribution in [3.05, 3.63) is 65.9 Å². The highest BCUT2D eigenvalue weighted by atomic mass is 16.5. The van der Waals surface area contributed by atoms with E-state index in [1.165, 1.54) is 4.68 Å². The number of rotatable bonds is 7. The molecule has 0 unspecified atom stereocenters. The fourth-order valence-electron chi connectivity index (χ4n) is 2.51. The largest absolute Gasteiger partial charge is 0.497 e. The van der Waals surface area contributed by atoms with Gasteiger partial charge in [0.1, 0.15) is 12.3 Å². The quantitative estimate of drug-likeness (QED) is 0.570. The first kappa shape index (κ1) is 18.9. The van der Waals surface area contributed by atoms with E-state index >= 15 is 0 Å². The van der Waals surface area contributed by atoms with E-state index in [2.05, 4.69) is 20.9 Å². The average Bonchev–Trinajstić information content (AvgIpc) is 3.07. The summed E-state index contributed by atoms with van der Waals surface area (Å²) in [4.78, 5) is 24.5. The van der Waals surface area contributed by atoms with Gasteiger partial charge in [-0.25, -0.2) is 4.68 Å². The van der Waals surface area contributed by atoms with Crippen LogP contribution in [0.1, 0.15) is 16.1 Å². The summed E-state index contributed by atoms with van der Waals surface area (Å²) in [6.45, 7) is 0.119. The number of carbonyl (C=O) groups is 2. The van der Waals surface area contributed by atoms with Gasteiger partial charge >= 0.3 is 0 Å². The number of anilines is 2. The number of amides is 2. The minimum atomic E-state index is -0.477. The maximum absolute atomic E-state index is 12.3. The Labute approximate surface area is 161 Å². The number of aromatic nitrogens is 3. The molecule has 0 aliphatic rings. The lowest BCUT2D eigenvalue weighted by Gasteiger charge is -2.07. The molecule has 0 radical (unpaired) electrons. The second-order valence-corrected chi connectivity index (χ2v) is 5.93. The maximum Gasteiger partial charge on any atom is 0.275 e. The minimum absolute atomic E-state index is 0.0198. The lowest BCUT2D eigenvalue weighted by molar-refractivity contribution is -0.116. The number of carbonyl (C=O) groups excluding carboxylic acids is 2. The van der Waals surface area contributed by atoms with Crippen LogP contribution in [-0.2, 0) is 17.9 Å². The van der Waals surface area contributed by atoms with Crippen molar-refractivity contribution in [1.82, 2.24) is 20.3 Å². The number of nitrogen functional groups attached to an aromatic ring is 1. The Morgan fingerprint density at radius 2 is 1.93 bits per heavy atom. The van der Waals surface area contributed by atoms with E-state index in [0.717, 1.165) is 5.56 Å². The third-order valence-corrected chi connectivity index (χ3v) is 3.93. The number of methoxy groups -OCH3 is 1. The van der Waals surface area contributed by atoms with Gasteiger partial charge in [-0.3, -0.25) is 9.59 Å². The van der Waals surface area contributed by atoms with Crippen LogP contribution >= 0.6 is 0 Å². The summed E-state index contributed by atoms with van der Waals surface area (Å²) < 4.78 is 6.33. The molecule has 0 aliphatic carbocycles. The van der Waals surface area contributed by atoms with Crippen molar-refractivity contribution in [3.8, 4) is 5.75 Å². The van der Waals surface area contributed by atoms with E-state index in [0.29, 0.717) is 11.4 Å². The molecule has 1 aromatic heterocycles. The van der Waals surface area contributed by atoms with E-state index in [4.69, 9.17) is 10.5 Å². The van der Waals surface area contributed by atoms with Crippen molar-refractivity contribution in [3.63, 3.8) is 0 Å². The molecule has 1 heterocycles. The fraction of sp³-hybridized carbons (Fsp3) is 0.158. The van der Waals surface area contributed by atoms with Crippen molar-refractivity contribution in [1.29, 1.82) is 0 Å². The molecule has 4 N–H and O–H groups in total. The Balaban J connectivity index is 1.60. The van der Waals surface area contributed by atoms with E-state index < -0.39 is 5.91 Å². The predicted octanol–water partition coefficient (Wildman–Crippen LogP) is 1.44. The Morgan fingerprint density at radius 3 is 2.68 bits per heavy atom. The van der Waals surface area contributed by atoms with Crippen LogP contribution in [0.2, 0.25) is 0 Å². The van der Waals surface area contributed by atoms with Crippen LogP contribution < -0.4 is 21.1 Å². The van der Waals surface area contributed by atoms with Gasteiger partial charge in [-0.1, -0.05) is 35.5 Å². The van der Waals surface area contributed by atoms with E-state index in [9.17, 15) is 9.59 Å². The molecule has 3 rings (SSSR count). The molecule has 28 heavy (non-hydrogen) atoms. The Kier molecular flexibility index (Phi) is 5.85. The number of hydrogen-bond donors (Lipinski definition) is 3. The lowest BCUT2D eigenvalue weighted by atomic mass is 10.2. The predicted molar refractivity (Wildman–Crippen MR) is 104 cm³/mol. The van der Waals surface area contributed by atoms with Crippen molar-refractivity contribution >= 4 is 23.3 Å². The molecular formula is C19H20N6O3. The van der Waals surface area contributed by atoms with Gasteiger partial charge in [0.05, 0.1) is 7.11 Å². The van der Waals surface area contributed by atoms with Crippen molar-refractivity contribution in [2.75, 3.05) is 18.2 Å². The third kappa shape index (κ3) is 4.64. The molecule has 9 heteroatoms. The second kappa shape index (κ2) is 8.67. The van der Waals surface area contributed by atoms with Gasteiger partial charge in [0.25, 0.3) is 5.91 Å². The molecule has 0 aliphatic heterocycles. The first-order valence-electron chi connectivity index (χ1n) is 8.52. The van der Waals surface area contributed by atoms with E-state index in [-0.39, 0.29) is 30.5 Å². The molecule has 0 spiro atoms. The van der Waals surface area contributed by atoms with Gasteiger partial charge in [0.15, 0.2) is 11.5 Å². The van der Waals surface area contributed by atoms with Crippen LogP contribution in [0.25, 0.3) is 0 Å². The zero-order chi connectivity index (χ0) is 19.9. The van der Waals surface area contributed by atoms with Crippen LogP contribution in [0.3, 0.4) is 0 Å². The van der Waals surface area contributed by atoms with Crippen LogP contribution in [0, 0.1) is 0 Å². The summed E-state index contributed by atoms with van der Waals surface area (Å²) in [5.74, 6) is -0.0887. The van der Waals surface area contributed by atoms with Crippen LogP contribution in [-0.4, -0.2) is 33.9 Å². The molecule has 0 bridgehead atoms. The number of nitrogens with two attached hydrogens (primary N) is 1. The smallest absolute Gasteiger partial charge is 0.275 e. The molecular weight excluding hydrogens is 360 g/mol. The topological polar surface area (TPSA) is 124 Å². The Morgan fingerprint density at radius 1 is 1.14 bits per heavy atom. The van der Waals surface area contributed by atoms with E-state index in [1.54, 1.807) is 19.2 Å². The number of nitrogens with zero attached hydrogens (tertiary/aromatic N) is 3. The third-order valence-electron chi connectivity index (χ3n) is 3.93. The normalized spacial score (nSPS) is 10.3. The lowest BCUT2D eigenvalue weighted by Crippen LogP contribution is -2.25. The van der Waals surface area contributed by atoms with Crippen molar-refractivity contribution < 1.29 is 14.3 Å². The molecule has 0 atom stereocenters. The van der Waals surface area contributed by atoms with E-state index in [1.807, 2.05) is 42.5 Å². The first-order valence-corrected chi connectivity index (χ1v) is 8.52. The van der Waals surface area contributed by atoms with Gasteiger partial charge < -0.3 is 21.1 Å². The summed E-state index contributed by atoms with van der Waals surface area (Å²) in [6.07, 6.45) is 0. The van der Waals surface area contributed by atoms with Crippen LogP contribution in [0.4, 0.5) is 11.5 Å². The Bertz CT molecular complexity index is 971. The SMILES string of the molecule is COc1cccc(CNC(=O)c2nnn(CC(=O)Nc3ccccc3)c2N)c1. The van der Waals surface area contributed by atoms with Crippen LogP contribution in [0.15, 0.2) is 54.6 Å². The standard InChI is InChI=1S/C19H20N6O3/c1-28-15-9-5-6-13(10-15)11-21-19(27)17-18(20)25(24-23-17)12-16(26)22-14-7-3-2-4-8-14/h2-10H,11-12,20H2,1H3,(H,21,27)(H,22,26). The van der Waals surface area contributed by atoms with Gasteiger partial charge in [-0.05, 0) is 29.8 Å². The van der Waals surface area contributed by atoms with Crippen molar-refractivity contribution in [2.45, 2.75) is 13.1 Å². The van der Waals surface area contributed by atoms with Gasteiger partial charge in [-0.15, -0.1) is 5.10 Å². The van der Waals surface area contributed by atoms with Crippen LogP contribution in [0.5, 0.6) is 5.75 Å². The summed E-state index contributed by atoms with van der Waals surface area (Å²) in [5, 5.41) is 13.0. The molecule has 2 aromatic carbocycles. The second-order valence-electron chi connectivity index (χ2n) is 5.93. The molecule has 144 valence electrons. The monoisotopic (exact) mass is 380 g/mol. The maximum atomic E-state index is 12.3. The summed E-state index contributed by atoms with van der Waals surface area (Å²) in [5.41, 5.74) is 7.42. The minimum Gasteiger partial charge on any atom is -0.497 e. The number of hydrogen-bond acceptors (Lipinski definition) is 6. The highest BCUT2D eigenvalue weighted by molar-refractivity contribution is 5.96. The molecule has 9 nitrogen and oxygen atoms in total. The van der Waals surface area contributed by atoms with Gasteiger partial charge in [0.2, 0.25) is 5.91 Å². The molecule has 0 saturated carbocycles. The molecule has 2 amide bonds. The number of benzene rings is 2. The fourth-order valence-corrected chi connectivity index (χ4v) is 2.51. The highest BCUT2D eigenvalue weighted by Crippen LogP contribution is 2.13. The summed E-state index contributed by atoms with van der Waals surface area (Å²) in [7, 11) is 1.57. The zero-order valence-electron chi connectivity index (χ0n) is 15.3. The number of ether oxygens (including phenoxy) is 1. The number of nitrogens with one attached hydrogen (secondary N) is 2. The zero-order valence-corrected chi connectivity index (χ0v) is 15.3. The summed E-state index contributed by atoms with van der Waals surface area (Å²) >= 11 is 0. The molecule has 0 fully saturated rings. The first-order chi connectivity index (χ1) is 13.6. The average molecular weight is 380 g/mol. The Hall–Kier alpha value is -3.88. The molecule has 3 aromatic rings. The van der Waals surface area contributed by atoms with Gasteiger partial charge in [0, 0.05) is 12.2 Å². The van der Waals surface area contributed by atoms with Gasteiger partial charge in [-0.2, -0.15) is 0 Å². The van der Waals surface area contributed by atoms with Crippen molar-refractivity contribution in [2.24, 2.45) is 0 Å². The number of para-hydroxylation sites is 1. The molecule has 0 saturated heterocycles. The summed E-state index contributed by atoms with van der Waals surface area (Å²) in [6, 6.07) is 16.3. The highest BCUT2D eigenvalue weighted by Gasteiger charge is 2.18.